The van der Waals surface area contributed by atoms with Crippen molar-refractivity contribution in [3.63, 3.8) is 0 Å². The van der Waals surface area contributed by atoms with Crippen molar-refractivity contribution in [1.29, 1.82) is 0 Å². The molecule has 0 unspecified atom stereocenters. The van der Waals surface area contributed by atoms with Crippen LogP contribution in [0.1, 0.15) is 10.4 Å². The molecule has 0 aliphatic heterocycles. The standard InChI is InChI=1S/C8H5F2NO4/c9-3-1-2-4(11-8(14)15)5(6(3)10)7(12)13/h1-2,11H,(H,12,13)(H,14,15). The lowest BCUT2D eigenvalue weighted by molar-refractivity contribution is 0.0692. The zero-order chi connectivity index (χ0) is 11.6. The largest absolute Gasteiger partial charge is 0.478 e. The van der Waals surface area contributed by atoms with Crippen LogP contribution in [-0.2, 0) is 0 Å². The molecule has 1 amide bonds. The van der Waals surface area contributed by atoms with Gasteiger partial charge in [-0.1, -0.05) is 0 Å². The van der Waals surface area contributed by atoms with E-state index in [4.69, 9.17) is 10.2 Å². The van der Waals surface area contributed by atoms with Crippen molar-refractivity contribution in [1.82, 2.24) is 0 Å². The van der Waals surface area contributed by atoms with Gasteiger partial charge < -0.3 is 10.2 Å². The Balaban J connectivity index is 3.33. The second kappa shape index (κ2) is 3.91. The van der Waals surface area contributed by atoms with E-state index in [1.54, 1.807) is 5.32 Å². The highest BCUT2D eigenvalue weighted by Crippen LogP contribution is 2.21. The van der Waals surface area contributed by atoms with Gasteiger partial charge in [0.2, 0.25) is 0 Å². The van der Waals surface area contributed by atoms with E-state index in [-0.39, 0.29) is 0 Å². The molecule has 0 aliphatic carbocycles. The van der Waals surface area contributed by atoms with Crippen LogP contribution in [-0.4, -0.2) is 22.3 Å². The van der Waals surface area contributed by atoms with Crippen LogP contribution in [0.25, 0.3) is 0 Å². The lowest BCUT2D eigenvalue weighted by Crippen LogP contribution is -2.14. The van der Waals surface area contributed by atoms with Gasteiger partial charge in [-0.2, -0.15) is 0 Å². The number of anilines is 1. The SMILES string of the molecule is O=C(O)Nc1ccc(F)c(F)c1C(=O)O. The molecular formula is C8H5F2NO4. The lowest BCUT2D eigenvalue weighted by atomic mass is 10.1. The van der Waals surface area contributed by atoms with Gasteiger partial charge >= 0.3 is 12.1 Å². The number of carboxylic acids is 1. The number of hydrogen-bond donors (Lipinski definition) is 3. The second-order valence-electron chi connectivity index (χ2n) is 2.52. The molecule has 15 heavy (non-hydrogen) atoms. The van der Waals surface area contributed by atoms with Gasteiger partial charge in [0.1, 0.15) is 5.56 Å². The van der Waals surface area contributed by atoms with E-state index in [9.17, 15) is 18.4 Å². The molecule has 0 saturated carbocycles. The van der Waals surface area contributed by atoms with Crippen molar-refractivity contribution in [3.05, 3.63) is 29.3 Å². The van der Waals surface area contributed by atoms with Crippen molar-refractivity contribution in [2.45, 2.75) is 0 Å². The van der Waals surface area contributed by atoms with E-state index in [2.05, 4.69) is 0 Å². The Morgan fingerprint density at radius 2 is 1.80 bits per heavy atom. The van der Waals surface area contributed by atoms with Crippen molar-refractivity contribution >= 4 is 17.7 Å². The summed E-state index contributed by atoms with van der Waals surface area (Å²) in [6.45, 7) is 0. The number of hydrogen-bond acceptors (Lipinski definition) is 2. The number of nitrogens with one attached hydrogen (secondary N) is 1. The van der Waals surface area contributed by atoms with Crippen LogP contribution in [0.3, 0.4) is 0 Å². The van der Waals surface area contributed by atoms with Gasteiger partial charge in [0.05, 0.1) is 5.69 Å². The number of carboxylic acid groups (broad SMARTS) is 2. The van der Waals surface area contributed by atoms with Gasteiger partial charge in [-0.25, -0.2) is 18.4 Å². The van der Waals surface area contributed by atoms with Gasteiger partial charge in [-0.3, -0.25) is 5.32 Å². The first-order valence-corrected chi connectivity index (χ1v) is 3.64. The predicted molar refractivity (Wildman–Crippen MR) is 45.0 cm³/mol. The predicted octanol–water partition coefficient (Wildman–Crippen LogP) is 1.75. The van der Waals surface area contributed by atoms with Gasteiger partial charge in [-0.15, -0.1) is 0 Å². The Hall–Kier alpha value is -2.18. The zero-order valence-corrected chi connectivity index (χ0v) is 7.12. The van der Waals surface area contributed by atoms with Gasteiger partial charge in [0.25, 0.3) is 0 Å². The normalized spacial score (nSPS) is 9.73. The Kier molecular flexibility index (Phi) is 2.84. The third kappa shape index (κ3) is 2.19. The summed E-state index contributed by atoms with van der Waals surface area (Å²) in [6.07, 6.45) is -1.57. The maximum atomic E-state index is 13.0. The molecule has 0 spiro atoms. The van der Waals surface area contributed by atoms with Crippen molar-refractivity contribution in [2.75, 3.05) is 5.32 Å². The number of rotatable bonds is 2. The van der Waals surface area contributed by atoms with Crippen LogP contribution in [0, 0.1) is 11.6 Å². The molecule has 1 aromatic rings. The van der Waals surface area contributed by atoms with Crippen molar-refractivity contribution in [3.8, 4) is 0 Å². The quantitative estimate of drug-likeness (QED) is 0.704. The highest BCUT2D eigenvalue weighted by atomic mass is 19.2. The fourth-order valence-electron chi connectivity index (χ4n) is 0.979. The molecule has 1 aromatic carbocycles. The highest BCUT2D eigenvalue weighted by Gasteiger charge is 2.20. The molecule has 0 heterocycles. The van der Waals surface area contributed by atoms with Crippen LogP contribution in [0.15, 0.2) is 12.1 Å². The second-order valence-corrected chi connectivity index (χ2v) is 2.52. The van der Waals surface area contributed by atoms with E-state index in [0.717, 1.165) is 6.07 Å². The fourth-order valence-corrected chi connectivity index (χ4v) is 0.979. The third-order valence-electron chi connectivity index (χ3n) is 1.55. The first-order chi connectivity index (χ1) is 6.93. The molecule has 0 aromatic heterocycles. The number of aromatic carboxylic acids is 1. The van der Waals surface area contributed by atoms with E-state index >= 15 is 0 Å². The smallest absolute Gasteiger partial charge is 0.409 e. The summed E-state index contributed by atoms with van der Waals surface area (Å²) in [5.41, 5.74) is -1.56. The Bertz CT molecular complexity index is 433. The number of carbonyl (C=O) groups is 2. The van der Waals surface area contributed by atoms with Crippen LogP contribution in [0.2, 0.25) is 0 Å². The summed E-state index contributed by atoms with van der Waals surface area (Å²) in [7, 11) is 0. The maximum Gasteiger partial charge on any atom is 0.409 e. The van der Waals surface area contributed by atoms with Crippen LogP contribution < -0.4 is 5.32 Å². The summed E-state index contributed by atoms with van der Waals surface area (Å²) in [5.74, 6) is -4.71. The minimum absolute atomic E-state index is 0.520. The highest BCUT2D eigenvalue weighted by molar-refractivity contribution is 5.98. The van der Waals surface area contributed by atoms with E-state index in [1.807, 2.05) is 0 Å². The van der Waals surface area contributed by atoms with E-state index in [0.29, 0.717) is 6.07 Å². The minimum atomic E-state index is -1.75. The van der Waals surface area contributed by atoms with E-state index < -0.39 is 34.9 Å². The van der Waals surface area contributed by atoms with Gasteiger partial charge in [0.15, 0.2) is 11.6 Å². The molecule has 1 rings (SSSR count). The number of amides is 1. The summed E-state index contributed by atoms with van der Waals surface area (Å²) in [6, 6.07) is 1.46. The average molecular weight is 217 g/mol. The van der Waals surface area contributed by atoms with E-state index in [1.165, 1.54) is 0 Å². The van der Waals surface area contributed by atoms with Crippen LogP contribution >= 0.6 is 0 Å². The molecule has 0 saturated heterocycles. The Morgan fingerprint density at radius 3 is 2.27 bits per heavy atom. The topological polar surface area (TPSA) is 86.6 Å². The summed E-state index contributed by atoms with van der Waals surface area (Å²) >= 11 is 0. The van der Waals surface area contributed by atoms with Crippen molar-refractivity contribution < 1.29 is 28.6 Å². The van der Waals surface area contributed by atoms with Crippen LogP contribution in [0.5, 0.6) is 0 Å². The average Bonchev–Trinajstić information content (AvgIpc) is 2.10. The lowest BCUT2D eigenvalue weighted by Gasteiger charge is -2.06. The number of halogens is 2. The fraction of sp³-hybridized carbons (Fsp3) is 0. The molecule has 0 radical (unpaired) electrons. The maximum absolute atomic E-state index is 13.0. The summed E-state index contributed by atoms with van der Waals surface area (Å²) in [5, 5.41) is 18.5. The molecular weight excluding hydrogens is 212 g/mol. The first kappa shape index (κ1) is 10.9. The molecule has 0 bridgehead atoms. The number of benzene rings is 1. The molecule has 80 valence electrons. The minimum Gasteiger partial charge on any atom is -0.478 e. The molecule has 0 fully saturated rings. The van der Waals surface area contributed by atoms with Crippen molar-refractivity contribution in [2.24, 2.45) is 0 Å². The van der Waals surface area contributed by atoms with Gasteiger partial charge in [0, 0.05) is 0 Å². The molecule has 7 heteroatoms. The van der Waals surface area contributed by atoms with Crippen LogP contribution in [0.4, 0.5) is 19.3 Å². The third-order valence-corrected chi connectivity index (χ3v) is 1.55. The Morgan fingerprint density at radius 1 is 1.20 bits per heavy atom. The molecule has 0 aliphatic rings. The Labute approximate surface area is 82.0 Å². The monoisotopic (exact) mass is 217 g/mol. The molecule has 3 N–H and O–H groups in total. The zero-order valence-electron chi connectivity index (χ0n) is 7.12. The molecule has 0 atom stereocenters. The summed E-state index contributed by atoms with van der Waals surface area (Å²) in [4.78, 5) is 20.8. The first-order valence-electron chi connectivity index (χ1n) is 3.64. The molecule has 5 nitrogen and oxygen atoms in total. The summed E-state index contributed by atoms with van der Waals surface area (Å²) < 4.78 is 25.6. The van der Waals surface area contributed by atoms with Gasteiger partial charge in [-0.05, 0) is 12.1 Å².